The highest BCUT2D eigenvalue weighted by Crippen LogP contribution is 2.16. The minimum absolute atomic E-state index is 0.293. The van der Waals surface area contributed by atoms with E-state index >= 15 is 0 Å². The fourth-order valence-corrected chi connectivity index (χ4v) is 2.21. The van der Waals surface area contributed by atoms with Crippen molar-refractivity contribution in [2.24, 2.45) is 0 Å². The molecule has 0 N–H and O–H groups in total. The molecule has 4 nitrogen and oxygen atoms in total. The van der Waals surface area contributed by atoms with E-state index in [0.29, 0.717) is 23.8 Å². The first-order valence-electron chi connectivity index (χ1n) is 8.26. The second-order valence-corrected chi connectivity index (χ2v) is 5.82. The van der Waals surface area contributed by atoms with Gasteiger partial charge in [0.2, 0.25) is 0 Å². The second kappa shape index (κ2) is 8.83. The van der Waals surface area contributed by atoms with Gasteiger partial charge in [0.15, 0.2) is 0 Å². The Labute approximate surface area is 148 Å². The molecule has 0 atom stereocenters. The van der Waals surface area contributed by atoms with E-state index in [4.69, 9.17) is 9.47 Å². The van der Waals surface area contributed by atoms with E-state index in [1.165, 1.54) is 17.7 Å². The third-order valence-corrected chi connectivity index (χ3v) is 3.58. The zero-order valence-corrected chi connectivity index (χ0v) is 14.7. The summed E-state index contributed by atoms with van der Waals surface area (Å²) in [5.74, 6) is -0.180. The van der Waals surface area contributed by atoms with E-state index in [2.05, 4.69) is 13.8 Å². The number of carbonyl (C=O) groups excluding carboxylic acids is 2. The van der Waals surface area contributed by atoms with Crippen LogP contribution in [0.3, 0.4) is 0 Å². The molecule has 0 amide bonds. The van der Waals surface area contributed by atoms with E-state index in [1.54, 1.807) is 31.2 Å². The molecule has 0 aliphatic carbocycles. The molecular formula is C21H22O4. The van der Waals surface area contributed by atoms with Crippen LogP contribution in [0.25, 0.3) is 6.08 Å². The van der Waals surface area contributed by atoms with Crippen molar-refractivity contribution in [3.8, 4) is 5.75 Å². The molecule has 2 aromatic carbocycles. The maximum atomic E-state index is 11.9. The Morgan fingerprint density at radius 3 is 2.44 bits per heavy atom. The average Bonchev–Trinajstić information content (AvgIpc) is 2.61. The Balaban J connectivity index is 2.00. The molecule has 0 saturated carbocycles. The first kappa shape index (κ1) is 18.5. The number of esters is 2. The van der Waals surface area contributed by atoms with E-state index in [-0.39, 0.29) is 0 Å². The van der Waals surface area contributed by atoms with E-state index < -0.39 is 11.9 Å². The van der Waals surface area contributed by atoms with Crippen LogP contribution in [0.2, 0.25) is 0 Å². The minimum atomic E-state index is -0.506. The number of hydrogen-bond acceptors (Lipinski definition) is 4. The van der Waals surface area contributed by atoms with Crippen LogP contribution in [0.5, 0.6) is 5.75 Å². The third kappa shape index (κ3) is 5.60. The summed E-state index contributed by atoms with van der Waals surface area (Å²) in [6.07, 6.45) is 3.06. The van der Waals surface area contributed by atoms with Gasteiger partial charge in [0.25, 0.3) is 0 Å². The van der Waals surface area contributed by atoms with Crippen molar-refractivity contribution >= 4 is 18.0 Å². The largest absolute Gasteiger partial charge is 0.462 e. The van der Waals surface area contributed by atoms with Crippen LogP contribution >= 0.6 is 0 Å². The molecular weight excluding hydrogens is 316 g/mol. The Morgan fingerprint density at radius 2 is 1.80 bits per heavy atom. The van der Waals surface area contributed by atoms with Crippen molar-refractivity contribution in [1.82, 2.24) is 0 Å². The fourth-order valence-electron chi connectivity index (χ4n) is 2.21. The number of hydrogen-bond donors (Lipinski definition) is 0. The third-order valence-electron chi connectivity index (χ3n) is 3.58. The van der Waals surface area contributed by atoms with Gasteiger partial charge < -0.3 is 9.47 Å². The monoisotopic (exact) mass is 338 g/mol. The molecule has 25 heavy (non-hydrogen) atoms. The highest BCUT2D eigenvalue weighted by atomic mass is 16.5. The van der Waals surface area contributed by atoms with Gasteiger partial charge >= 0.3 is 11.9 Å². The van der Waals surface area contributed by atoms with E-state index in [1.807, 2.05) is 24.3 Å². The maximum Gasteiger partial charge on any atom is 0.338 e. The zero-order valence-electron chi connectivity index (χ0n) is 14.7. The van der Waals surface area contributed by atoms with E-state index in [0.717, 1.165) is 5.56 Å². The summed E-state index contributed by atoms with van der Waals surface area (Å²) in [4.78, 5) is 23.6. The molecule has 0 saturated heterocycles. The lowest BCUT2D eigenvalue weighted by molar-refractivity contribution is -0.128. The van der Waals surface area contributed by atoms with Gasteiger partial charge in [-0.15, -0.1) is 0 Å². The Morgan fingerprint density at radius 1 is 1.08 bits per heavy atom. The lowest BCUT2D eigenvalue weighted by Gasteiger charge is -2.05. The minimum Gasteiger partial charge on any atom is -0.462 e. The van der Waals surface area contributed by atoms with Crippen molar-refractivity contribution < 1.29 is 19.1 Å². The van der Waals surface area contributed by atoms with Crippen LogP contribution < -0.4 is 4.74 Å². The molecule has 2 rings (SSSR count). The lowest BCUT2D eigenvalue weighted by atomic mass is 10.0. The normalized spacial score (nSPS) is 10.9. The summed E-state index contributed by atoms with van der Waals surface area (Å²) in [6, 6.07) is 14.4. The molecule has 2 aromatic rings. The summed E-state index contributed by atoms with van der Waals surface area (Å²) in [7, 11) is 0. The summed E-state index contributed by atoms with van der Waals surface area (Å²) in [6.45, 7) is 6.29. The van der Waals surface area contributed by atoms with Crippen LogP contribution in [-0.4, -0.2) is 18.5 Å². The van der Waals surface area contributed by atoms with Gasteiger partial charge in [-0.25, -0.2) is 9.59 Å². The number of benzene rings is 2. The quantitative estimate of drug-likeness (QED) is 0.439. The molecule has 0 heterocycles. The van der Waals surface area contributed by atoms with Gasteiger partial charge in [-0.1, -0.05) is 44.2 Å². The van der Waals surface area contributed by atoms with Crippen LogP contribution in [0.4, 0.5) is 0 Å². The second-order valence-electron chi connectivity index (χ2n) is 5.82. The smallest absolute Gasteiger partial charge is 0.338 e. The molecule has 0 aliphatic heterocycles. The first-order chi connectivity index (χ1) is 12.0. The number of rotatable bonds is 6. The molecule has 0 aliphatic rings. The molecule has 0 bridgehead atoms. The molecule has 0 unspecified atom stereocenters. The van der Waals surface area contributed by atoms with Crippen molar-refractivity contribution in [2.75, 3.05) is 6.61 Å². The Hall–Kier alpha value is -2.88. The molecule has 0 spiro atoms. The van der Waals surface area contributed by atoms with Gasteiger partial charge in [0, 0.05) is 6.08 Å². The van der Waals surface area contributed by atoms with Crippen LogP contribution in [-0.2, 0) is 9.53 Å². The van der Waals surface area contributed by atoms with Crippen LogP contribution in [0.1, 0.15) is 48.2 Å². The predicted octanol–water partition coefficient (Wildman–Crippen LogP) is 4.61. The molecule has 0 fully saturated rings. The molecule has 4 heteroatoms. The van der Waals surface area contributed by atoms with Gasteiger partial charge in [0.05, 0.1) is 12.2 Å². The number of ether oxygens (including phenoxy) is 2. The van der Waals surface area contributed by atoms with Crippen LogP contribution in [0, 0.1) is 0 Å². The fraction of sp³-hybridized carbons (Fsp3) is 0.238. The molecule has 0 radical (unpaired) electrons. The standard InChI is InChI=1S/C21H22O4/c1-4-24-21(23)18-6-5-7-19(14-18)25-20(22)13-10-16-8-11-17(12-9-16)15(2)3/h5-15H,4H2,1-3H3/b13-10+. The summed E-state index contributed by atoms with van der Waals surface area (Å²) in [5.41, 5.74) is 2.51. The van der Waals surface area contributed by atoms with Gasteiger partial charge in [-0.05, 0) is 48.2 Å². The summed E-state index contributed by atoms with van der Waals surface area (Å²) in [5, 5.41) is 0. The van der Waals surface area contributed by atoms with Gasteiger partial charge in [0.1, 0.15) is 5.75 Å². The Bertz CT molecular complexity index is 758. The Kier molecular flexibility index (Phi) is 6.52. The predicted molar refractivity (Wildman–Crippen MR) is 97.6 cm³/mol. The van der Waals surface area contributed by atoms with Crippen LogP contribution in [0.15, 0.2) is 54.6 Å². The maximum absolute atomic E-state index is 11.9. The zero-order chi connectivity index (χ0) is 18.2. The highest BCUT2D eigenvalue weighted by molar-refractivity contribution is 5.91. The molecule has 130 valence electrons. The van der Waals surface area contributed by atoms with Crippen molar-refractivity contribution in [2.45, 2.75) is 26.7 Å². The SMILES string of the molecule is CCOC(=O)c1cccc(OC(=O)/C=C/c2ccc(C(C)C)cc2)c1. The topological polar surface area (TPSA) is 52.6 Å². The van der Waals surface area contributed by atoms with E-state index in [9.17, 15) is 9.59 Å². The average molecular weight is 338 g/mol. The summed E-state index contributed by atoms with van der Waals surface area (Å²) >= 11 is 0. The van der Waals surface area contributed by atoms with Gasteiger partial charge in [-0.2, -0.15) is 0 Å². The number of carbonyl (C=O) groups is 2. The molecule has 0 aromatic heterocycles. The summed E-state index contributed by atoms with van der Waals surface area (Å²) < 4.78 is 10.2. The lowest BCUT2D eigenvalue weighted by Crippen LogP contribution is -2.07. The van der Waals surface area contributed by atoms with Gasteiger partial charge in [-0.3, -0.25) is 0 Å². The highest BCUT2D eigenvalue weighted by Gasteiger charge is 2.08. The van der Waals surface area contributed by atoms with Crippen molar-refractivity contribution in [1.29, 1.82) is 0 Å². The first-order valence-corrected chi connectivity index (χ1v) is 8.26. The van der Waals surface area contributed by atoms with Crippen molar-refractivity contribution in [3.63, 3.8) is 0 Å². The van der Waals surface area contributed by atoms with Crippen molar-refractivity contribution in [3.05, 3.63) is 71.3 Å².